The monoisotopic (exact) mass is 340 g/mol. The normalized spacial score (nSPS) is 105. The van der Waals surface area contributed by atoms with Crippen molar-refractivity contribution < 1.29 is 42.9 Å². The number of fused-ring (bicyclic) bond motifs is 1. The van der Waals surface area contributed by atoms with Crippen molar-refractivity contribution in [3.63, 3.8) is 0 Å². The quantitative estimate of drug-likeness (QED) is 0.803. The molecule has 0 aromatic heterocycles. The van der Waals surface area contributed by atoms with E-state index in [2.05, 4.69) is 5.11 Å². The van der Waals surface area contributed by atoms with E-state index in [-0.39, 0.29) is 0 Å². The highest BCUT2D eigenvalue weighted by Crippen LogP contribution is 2.63. The van der Waals surface area contributed by atoms with Crippen LogP contribution >= 0.6 is 0 Å². The molecule has 0 aromatic rings. The van der Waals surface area contributed by atoms with Crippen LogP contribution in [0.1, 0.15) is 81.1 Å². The standard InChI is InChI=1S/C18H25N3O2/c19-8-13-2-12-3-14(12)21(13)16(22)15(20)17-4-10-1-11(5-17)7-18(23,6-10)9-17/h10-15,23H,1-7,9,20H2/t10?,11?,12-,13+,14+,15+,17?,18?/m1/s1/i1D2,2D2,3D2,4D2,5D2,6D2,7D2,9D2,10D,11D,12D,13D,14D,15D,23D/hD2. The van der Waals surface area contributed by atoms with Crippen LogP contribution in [0, 0.1) is 34.4 Å². The minimum Gasteiger partial charge on any atom is -0.390 e. The summed E-state index contributed by atoms with van der Waals surface area (Å²) in [6.07, 6.45) is -35.8. The summed E-state index contributed by atoms with van der Waals surface area (Å²) in [5.74, 6) is -15.8. The first-order valence-corrected chi connectivity index (χ1v) is 6.53. The summed E-state index contributed by atoms with van der Waals surface area (Å²) in [4.78, 5) is 13.9. The van der Waals surface area contributed by atoms with E-state index in [0.29, 0.717) is 0 Å². The minimum atomic E-state index is -5.06. The molecule has 1 saturated heterocycles. The van der Waals surface area contributed by atoms with E-state index in [1.807, 2.05) is 0 Å². The molecule has 5 heteroatoms. The number of nitrogens with zero attached hydrogens (tertiary/aromatic N) is 2. The number of hydrogen-bond donors (Lipinski definition) is 2. The lowest BCUT2D eigenvalue weighted by molar-refractivity contribution is -0.177. The minimum absolute atomic E-state index is 0.837. The number of likely N-dealkylation sites (tertiary alicyclic amines) is 1. The lowest BCUT2D eigenvalue weighted by Crippen LogP contribution is -2.64. The van der Waals surface area contributed by atoms with E-state index in [0.717, 1.165) is 6.07 Å². The lowest BCUT2D eigenvalue weighted by Gasteiger charge is -2.61. The smallest absolute Gasteiger partial charge is 0.241 e. The number of nitriles is 1. The summed E-state index contributed by atoms with van der Waals surface area (Å²) in [5, 5.41) is 14.2. The van der Waals surface area contributed by atoms with Crippen molar-refractivity contribution >= 4 is 5.91 Å². The zero-order valence-electron chi connectivity index (χ0n) is 36.2. The predicted molar refractivity (Wildman–Crippen MR) is 82.8 cm³/mol. The number of hydrogen-bond acceptors (Lipinski definition) is 4. The Bertz CT molecular complexity index is 1550. The number of piperidine rings is 1. The predicted octanol–water partition coefficient (Wildman–Crippen LogP) is 1.16. The van der Waals surface area contributed by atoms with Gasteiger partial charge in [0, 0.05) is 32.1 Å². The number of carbonyl (C=O) groups excluding carboxylic acids is 1. The molecule has 124 valence electrons. The summed E-state index contributed by atoms with van der Waals surface area (Å²) in [6, 6.07) is -12.0. The fourth-order valence-corrected chi connectivity index (χ4v) is 2.85. The Morgan fingerprint density at radius 1 is 1.48 bits per heavy atom. The second kappa shape index (κ2) is 4.29. The first-order chi connectivity index (χ1) is 20.8. The van der Waals surface area contributed by atoms with Gasteiger partial charge < -0.3 is 15.7 Å². The second-order valence-corrected chi connectivity index (χ2v) is 5.35. The molecule has 6 aliphatic rings. The molecule has 0 aromatic carbocycles. The topological polar surface area (TPSA) is 90.3 Å². The fraction of sp³-hybridized carbons (Fsp3) is 0.889. The van der Waals surface area contributed by atoms with Crippen molar-refractivity contribution in [1.29, 1.82) is 6.69 Å². The molecular weight excluding hydrogens is 290 g/mol. The summed E-state index contributed by atoms with van der Waals surface area (Å²) >= 11 is 0. The largest absolute Gasteiger partial charge is 0.390 e. The third kappa shape index (κ3) is 1.88. The van der Waals surface area contributed by atoms with Crippen molar-refractivity contribution in [2.75, 3.05) is 0 Å². The number of amides is 1. The number of nitrogens with two attached hydrogens (primary N) is 1. The number of rotatable bonds is 4. The maximum Gasteiger partial charge on any atom is 0.241 e. The molecule has 5 nitrogen and oxygen atoms in total. The molecule has 3 N–H and O–H groups in total. The van der Waals surface area contributed by atoms with Gasteiger partial charge in [0.2, 0.25) is 7.34 Å². The van der Waals surface area contributed by atoms with Gasteiger partial charge in [-0.3, -0.25) is 4.79 Å². The molecule has 23 heavy (non-hydrogen) atoms. The van der Waals surface area contributed by atoms with E-state index in [4.69, 9.17) is 33.0 Å². The second-order valence-electron chi connectivity index (χ2n) is 5.35. The molecule has 6 fully saturated rings. The zero-order valence-corrected chi connectivity index (χ0v) is 11.2. The molecule has 6 rings (SSSR count). The van der Waals surface area contributed by atoms with Gasteiger partial charge in [-0.15, -0.1) is 0 Å². The van der Waals surface area contributed by atoms with Gasteiger partial charge in [-0.1, -0.05) is 0 Å². The van der Waals surface area contributed by atoms with Crippen LogP contribution in [0.4, 0.5) is 0 Å². The van der Waals surface area contributed by atoms with Crippen LogP contribution in [0.5, 0.6) is 0 Å². The average molecular weight is 341 g/mol. The van der Waals surface area contributed by atoms with Crippen molar-refractivity contribution in [3.05, 3.63) is 0 Å². The highest BCUT2D eigenvalue weighted by atomic mass is 16.3. The van der Waals surface area contributed by atoms with Crippen molar-refractivity contribution in [3.8, 4) is 6.07 Å². The van der Waals surface area contributed by atoms with Gasteiger partial charge in [-0.25, -0.2) is 0 Å². The molecule has 0 radical (unpaired) electrons. The maximum absolute atomic E-state index is 14.8. The van der Waals surface area contributed by atoms with Gasteiger partial charge in [0.25, 0.3) is 0 Å². The van der Waals surface area contributed by atoms with Crippen molar-refractivity contribution in [2.45, 2.75) is 74.6 Å². The van der Waals surface area contributed by atoms with E-state index in [1.165, 1.54) is 0 Å². The molecular formula is C18H25N3O2. The van der Waals surface area contributed by atoms with E-state index in [1.54, 1.807) is 0 Å². The first kappa shape index (κ1) is 3.68. The summed E-state index contributed by atoms with van der Waals surface area (Å²) in [7, 11) is 0. The number of aliphatic hydroxyl groups is 1. The third-order valence-electron chi connectivity index (χ3n) is 3.82. The van der Waals surface area contributed by atoms with Crippen LogP contribution in [0.25, 0.3) is 0 Å². The van der Waals surface area contributed by atoms with Gasteiger partial charge in [-0.2, -0.15) is 5.26 Å². The molecule has 4 bridgehead atoms. The Morgan fingerprint density at radius 2 is 2.26 bits per heavy atom. The molecule has 1 heterocycles. The Morgan fingerprint density at radius 3 is 2.91 bits per heavy atom. The van der Waals surface area contributed by atoms with Crippen molar-refractivity contribution in [1.82, 2.24) is 4.90 Å². The third-order valence-corrected chi connectivity index (χ3v) is 3.82. The summed E-state index contributed by atoms with van der Waals surface area (Å²) in [5.41, 5.74) is -11.0. The summed E-state index contributed by atoms with van der Waals surface area (Å²) in [6.45, 7) is 0. The molecule has 2 unspecified atom stereocenters. The van der Waals surface area contributed by atoms with Gasteiger partial charge >= 0.3 is 0 Å². The van der Waals surface area contributed by atoms with Crippen LogP contribution in [0.15, 0.2) is 0 Å². The van der Waals surface area contributed by atoms with E-state index < -0.39 is 114 Å². The van der Waals surface area contributed by atoms with Crippen LogP contribution in [0.3, 0.4) is 0 Å². The Labute approximate surface area is 172 Å². The highest BCUT2D eigenvalue weighted by Gasteiger charge is 2.62. The first-order valence-electron chi connectivity index (χ1n) is 18.8. The van der Waals surface area contributed by atoms with E-state index >= 15 is 0 Å². The number of carbonyl (C=O) groups is 1. The van der Waals surface area contributed by atoms with E-state index in [9.17, 15) is 11.4 Å². The molecule has 1 aliphatic heterocycles. The van der Waals surface area contributed by atoms with Gasteiger partial charge in [0.1, 0.15) is 8.84 Å². The van der Waals surface area contributed by atoms with Crippen molar-refractivity contribution in [2.24, 2.45) is 28.8 Å². The Kier molecular flexibility index (Phi) is 0.687. The van der Waals surface area contributed by atoms with Crippen LogP contribution in [0.2, 0.25) is 2.82 Å². The van der Waals surface area contributed by atoms with Gasteiger partial charge in [0.15, 0.2) is 0 Å². The molecule has 0 spiro atoms. The Hall–Kier alpha value is -1.12. The Balaban J connectivity index is 2.06. The molecule has 6 atom stereocenters. The summed E-state index contributed by atoms with van der Waals surface area (Å²) < 4.78 is 216. The molecule has 5 aliphatic carbocycles. The lowest BCUT2D eigenvalue weighted by atomic mass is 9.46. The van der Waals surface area contributed by atoms with Crippen LogP contribution < -0.4 is 5.72 Å². The zero-order chi connectivity index (χ0) is 38.1. The highest BCUT2D eigenvalue weighted by molar-refractivity contribution is 5.84. The fourth-order valence-electron chi connectivity index (χ4n) is 2.85. The molecule has 1 amide bonds. The van der Waals surface area contributed by atoms with Crippen LogP contribution in [-0.2, 0) is 4.79 Å². The SMILES string of the molecule is [2H]OC12C([2H])([2H])C3([2H])C([2H])([2H])C([2H])(C1([2H])[2H])C([2H])([2H])C([C@]([2H])(C(=O)N1[C@]([2H])(C#N)C([2H])([2H])[C@]4([2H])C([2H])([2H])[C@]14[2H])N([2H])[2H])(C3([2H])[2H])C2([2H])[2H]. The van der Waals surface area contributed by atoms with Gasteiger partial charge in [-0.05, 0) is 74.1 Å². The van der Waals surface area contributed by atoms with Crippen LogP contribution in [-0.4, -0.2) is 41.0 Å². The average Bonchev–Trinajstić information content (AvgIpc) is 3.22. The van der Waals surface area contributed by atoms with Gasteiger partial charge in [0.05, 0.1) is 21.8 Å². The maximum atomic E-state index is 14.8. The molecule has 5 saturated carbocycles.